The molecule has 0 spiro atoms. The standard InChI is InChI=1S/C24H26N2O4/c1-3-4-5-6-22(24(28)29)30-21-12-9-19(15-17(21)2)23(27)18-7-10-20(11-8-18)26-14-13-25-16-26/h7-16,22H,3-6H2,1-2H3,(H,28,29). The van der Waals surface area contributed by atoms with Gasteiger partial charge in [0.15, 0.2) is 11.9 Å². The van der Waals surface area contributed by atoms with Gasteiger partial charge < -0.3 is 14.4 Å². The number of carboxylic acid groups (broad SMARTS) is 1. The van der Waals surface area contributed by atoms with E-state index >= 15 is 0 Å². The maximum atomic E-state index is 12.9. The van der Waals surface area contributed by atoms with Gasteiger partial charge in [-0.3, -0.25) is 4.79 Å². The number of aryl methyl sites for hydroxylation is 1. The Labute approximate surface area is 176 Å². The zero-order valence-electron chi connectivity index (χ0n) is 17.2. The lowest BCUT2D eigenvalue weighted by Gasteiger charge is -2.17. The number of carboxylic acids is 1. The number of hydrogen-bond donors (Lipinski definition) is 1. The average Bonchev–Trinajstić information content (AvgIpc) is 3.28. The Bertz CT molecular complexity index is 995. The number of carbonyl (C=O) groups is 2. The van der Waals surface area contributed by atoms with E-state index in [-0.39, 0.29) is 5.78 Å². The average molecular weight is 406 g/mol. The first kappa shape index (κ1) is 21.3. The molecule has 0 amide bonds. The molecule has 6 nitrogen and oxygen atoms in total. The SMILES string of the molecule is CCCCCC(Oc1ccc(C(=O)c2ccc(-n3ccnc3)cc2)cc1C)C(=O)O. The Morgan fingerprint density at radius 1 is 1.10 bits per heavy atom. The highest BCUT2D eigenvalue weighted by Gasteiger charge is 2.20. The number of aromatic nitrogens is 2. The number of nitrogens with zero attached hydrogens (tertiary/aromatic N) is 2. The lowest BCUT2D eigenvalue weighted by molar-refractivity contribution is -0.145. The van der Waals surface area contributed by atoms with E-state index in [2.05, 4.69) is 11.9 Å². The van der Waals surface area contributed by atoms with Gasteiger partial charge >= 0.3 is 5.97 Å². The van der Waals surface area contributed by atoms with Gasteiger partial charge in [0.1, 0.15) is 5.75 Å². The van der Waals surface area contributed by atoms with Crippen LogP contribution in [0.5, 0.6) is 5.75 Å². The van der Waals surface area contributed by atoms with Gasteiger partial charge in [-0.15, -0.1) is 0 Å². The van der Waals surface area contributed by atoms with E-state index in [4.69, 9.17) is 4.74 Å². The second kappa shape index (κ2) is 9.87. The Morgan fingerprint density at radius 2 is 1.83 bits per heavy atom. The van der Waals surface area contributed by atoms with Crippen LogP contribution in [0.1, 0.15) is 54.1 Å². The number of unbranched alkanes of at least 4 members (excludes halogenated alkanes) is 2. The minimum Gasteiger partial charge on any atom is -0.479 e. The first-order chi connectivity index (χ1) is 14.5. The minimum atomic E-state index is -0.969. The van der Waals surface area contributed by atoms with Crippen LogP contribution in [0.3, 0.4) is 0 Å². The molecule has 3 aromatic rings. The largest absolute Gasteiger partial charge is 0.479 e. The number of imidazole rings is 1. The normalized spacial score (nSPS) is 11.8. The van der Waals surface area contributed by atoms with Crippen LogP contribution in [-0.4, -0.2) is 32.5 Å². The zero-order chi connectivity index (χ0) is 21.5. The third-order valence-corrected chi connectivity index (χ3v) is 4.98. The van der Waals surface area contributed by atoms with Crippen molar-refractivity contribution >= 4 is 11.8 Å². The summed E-state index contributed by atoms with van der Waals surface area (Å²) in [6.07, 6.45) is 7.61. The summed E-state index contributed by atoms with van der Waals surface area (Å²) in [5.74, 6) is -0.575. The molecule has 1 N–H and O–H groups in total. The zero-order valence-corrected chi connectivity index (χ0v) is 17.2. The number of rotatable bonds is 10. The van der Waals surface area contributed by atoms with Crippen LogP contribution in [-0.2, 0) is 4.79 Å². The van der Waals surface area contributed by atoms with Crippen LogP contribution in [0.15, 0.2) is 61.2 Å². The molecular weight excluding hydrogens is 380 g/mol. The van der Waals surface area contributed by atoms with Crippen LogP contribution >= 0.6 is 0 Å². The smallest absolute Gasteiger partial charge is 0.344 e. The van der Waals surface area contributed by atoms with E-state index < -0.39 is 12.1 Å². The number of ether oxygens (including phenoxy) is 1. The van der Waals surface area contributed by atoms with Gasteiger partial charge in [-0.05, 0) is 67.8 Å². The molecule has 0 aliphatic heterocycles. The van der Waals surface area contributed by atoms with E-state index in [1.807, 2.05) is 29.8 Å². The lowest BCUT2D eigenvalue weighted by Crippen LogP contribution is -2.27. The van der Waals surface area contributed by atoms with Gasteiger partial charge in [0.05, 0.1) is 6.33 Å². The number of hydrogen-bond acceptors (Lipinski definition) is 4. The third kappa shape index (κ3) is 5.14. The molecule has 156 valence electrons. The second-order valence-corrected chi connectivity index (χ2v) is 7.27. The topological polar surface area (TPSA) is 81.4 Å². The van der Waals surface area contributed by atoms with Crippen molar-refractivity contribution in [2.75, 3.05) is 0 Å². The number of aliphatic carboxylic acids is 1. The highest BCUT2D eigenvalue weighted by Crippen LogP contribution is 2.24. The molecule has 3 rings (SSSR count). The second-order valence-electron chi connectivity index (χ2n) is 7.27. The molecular formula is C24H26N2O4. The van der Waals surface area contributed by atoms with E-state index in [1.165, 1.54) is 0 Å². The van der Waals surface area contributed by atoms with Crippen molar-refractivity contribution < 1.29 is 19.4 Å². The summed E-state index contributed by atoms with van der Waals surface area (Å²) >= 11 is 0. The maximum absolute atomic E-state index is 12.9. The Kier molecular flexibility index (Phi) is 7.01. The fraction of sp³-hybridized carbons (Fsp3) is 0.292. The van der Waals surface area contributed by atoms with Crippen molar-refractivity contribution in [1.82, 2.24) is 9.55 Å². The molecule has 2 aromatic carbocycles. The van der Waals surface area contributed by atoms with Gasteiger partial charge in [-0.1, -0.05) is 19.8 Å². The minimum absolute atomic E-state index is 0.0976. The summed E-state index contributed by atoms with van der Waals surface area (Å²) < 4.78 is 7.60. The summed E-state index contributed by atoms with van der Waals surface area (Å²) in [4.78, 5) is 28.4. The van der Waals surface area contributed by atoms with Crippen molar-refractivity contribution in [2.24, 2.45) is 0 Å². The van der Waals surface area contributed by atoms with Crippen molar-refractivity contribution in [1.29, 1.82) is 0 Å². The summed E-state index contributed by atoms with van der Waals surface area (Å²) in [5, 5.41) is 9.42. The molecule has 0 saturated heterocycles. The Balaban J connectivity index is 1.72. The summed E-state index contributed by atoms with van der Waals surface area (Å²) in [6.45, 7) is 3.89. The fourth-order valence-electron chi connectivity index (χ4n) is 3.25. The first-order valence-corrected chi connectivity index (χ1v) is 10.1. The van der Waals surface area contributed by atoms with Crippen molar-refractivity contribution in [2.45, 2.75) is 45.6 Å². The lowest BCUT2D eigenvalue weighted by atomic mass is 10.0. The van der Waals surface area contributed by atoms with Crippen molar-refractivity contribution in [3.8, 4) is 11.4 Å². The molecule has 1 aromatic heterocycles. The van der Waals surface area contributed by atoms with Gasteiger partial charge in [0, 0.05) is 29.2 Å². The quantitative estimate of drug-likeness (QED) is 0.385. The molecule has 0 aliphatic rings. The van der Waals surface area contributed by atoms with Gasteiger partial charge in [-0.2, -0.15) is 0 Å². The molecule has 6 heteroatoms. The molecule has 0 saturated carbocycles. The molecule has 1 atom stereocenters. The Hall–Kier alpha value is -3.41. The van der Waals surface area contributed by atoms with E-state index in [9.17, 15) is 14.7 Å². The van der Waals surface area contributed by atoms with Crippen LogP contribution in [0, 0.1) is 6.92 Å². The van der Waals surface area contributed by atoms with Crippen LogP contribution in [0.2, 0.25) is 0 Å². The molecule has 0 bridgehead atoms. The van der Waals surface area contributed by atoms with Gasteiger partial charge in [0.25, 0.3) is 0 Å². The van der Waals surface area contributed by atoms with Crippen LogP contribution in [0.25, 0.3) is 5.69 Å². The first-order valence-electron chi connectivity index (χ1n) is 10.1. The van der Waals surface area contributed by atoms with E-state index in [1.54, 1.807) is 42.9 Å². The van der Waals surface area contributed by atoms with Crippen LogP contribution in [0.4, 0.5) is 0 Å². The number of carbonyl (C=O) groups excluding carboxylic acids is 1. The van der Waals surface area contributed by atoms with Crippen molar-refractivity contribution in [3.05, 3.63) is 77.9 Å². The summed E-state index contributed by atoms with van der Waals surface area (Å²) in [6, 6.07) is 12.4. The van der Waals surface area contributed by atoms with Crippen molar-refractivity contribution in [3.63, 3.8) is 0 Å². The summed E-state index contributed by atoms with van der Waals surface area (Å²) in [7, 11) is 0. The number of ketones is 1. The number of benzene rings is 2. The predicted octanol–water partition coefficient (Wildman–Crippen LogP) is 4.82. The van der Waals surface area contributed by atoms with E-state index in [0.717, 1.165) is 30.5 Å². The van der Waals surface area contributed by atoms with Crippen LogP contribution < -0.4 is 4.74 Å². The third-order valence-electron chi connectivity index (χ3n) is 4.98. The maximum Gasteiger partial charge on any atom is 0.344 e. The highest BCUT2D eigenvalue weighted by molar-refractivity contribution is 6.09. The fourth-order valence-corrected chi connectivity index (χ4v) is 3.25. The summed E-state index contributed by atoms with van der Waals surface area (Å²) in [5.41, 5.74) is 2.77. The Morgan fingerprint density at radius 3 is 2.43 bits per heavy atom. The molecule has 1 unspecified atom stereocenters. The molecule has 0 aliphatic carbocycles. The molecule has 0 radical (unpaired) electrons. The highest BCUT2D eigenvalue weighted by atomic mass is 16.5. The molecule has 0 fully saturated rings. The van der Waals surface area contributed by atoms with Gasteiger partial charge in [0.2, 0.25) is 0 Å². The predicted molar refractivity (Wildman–Crippen MR) is 114 cm³/mol. The molecule has 30 heavy (non-hydrogen) atoms. The van der Waals surface area contributed by atoms with Gasteiger partial charge in [-0.25, -0.2) is 9.78 Å². The van der Waals surface area contributed by atoms with E-state index in [0.29, 0.717) is 23.3 Å². The monoisotopic (exact) mass is 406 g/mol. The molecule has 1 heterocycles.